The second kappa shape index (κ2) is 9.35. The second-order valence-electron chi connectivity index (χ2n) is 7.02. The van der Waals surface area contributed by atoms with Crippen molar-refractivity contribution >= 4 is 23.1 Å². The van der Waals surface area contributed by atoms with Gasteiger partial charge in [-0.1, -0.05) is 0 Å². The first kappa shape index (κ1) is 20.5. The zero-order chi connectivity index (χ0) is 21.6. The summed E-state index contributed by atoms with van der Waals surface area (Å²) in [5.41, 5.74) is 6.87. The molecule has 0 aliphatic carbocycles. The molecule has 2 atom stereocenters. The molecule has 1 fully saturated rings. The number of hydrogen-bond donors (Lipinski definition) is 4. The normalized spacial score (nSPS) is 18.2. The lowest BCUT2D eigenvalue weighted by atomic mass is 10.0. The quantitative estimate of drug-likeness (QED) is 0.457. The highest BCUT2D eigenvalue weighted by Crippen LogP contribution is 2.26. The summed E-state index contributed by atoms with van der Waals surface area (Å²) < 4.78 is 19.8. The molecule has 9 nitrogen and oxygen atoms in total. The van der Waals surface area contributed by atoms with Crippen LogP contribution in [0.5, 0.6) is 11.8 Å². The summed E-state index contributed by atoms with van der Waals surface area (Å²) >= 11 is 0. The number of primary amides is 1. The van der Waals surface area contributed by atoms with Gasteiger partial charge in [-0.05, 0) is 43.3 Å². The molecule has 0 unspecified atom stereocenters. The molecule has 1 aromatic carbocycles. The smallest absolute Gasteiger partial charge is 0.321 e. The SMILES string of the molecule is NC(=O)c1cnc(Nc2ccc(Oc3ncccn3)cc2)cc1N[C@@H]1CCNC[C@@H]1F. The van der Waals surface area contributed by atoms with Crippen molar-refractivity contribution in [2.24, 2.45) is 5.73 Å². The number of nitrogens with two attached hydrogens (primary N) is 1. The number of nitrogens with one attached hydrogen (secondary N) is 3. The van der Waals surface area contributed by atoms with Crippen molar-refractivity contribution in [1.29, 1.82) is 0 Å². The third-order valence-corrected chi connectivity index (χ3v) is 4.80. The summed E-state index contributed by atoms with van der Waals surface area (Å²) in [6.45, 7) is 0.963. The second-order valence-corrected chi connectivity index (χ2v) is 7.02. The van der Waals surface area contributed by atoms with Gasteiger partial charge in [0, 0.05) is 36.9 Å². The zero-order valence-electron chi connectivity index (χ0n) is 16.6. The lowest BCUT2D eigenvalue weighted by molar-refractivity contribution is 0.100. The summed E-state index contributed by atoms with van der Waals surface area (Å²) in [5.74, 6) is 0.434. The molecule has 3 heterocycles. The van der Waals surface area contributed by atoms with Gasteiger partial charge in [-0.25, -0.2) is 19.3 Å². The number of aromatic nitrogens is 3. The molecule has 160 valence electrons. The molecule has 2 aromatic heterocycles. The Hall–Kier alpha value is -3.79. The fourth-order valence-corrected chi connectivity index (χ4v) is 3.22. The van der Waals surface area contributed by atoms with Gasteiger partial charge in [-0.3, -0.25) is 4.79 Å². The molecule has 3 aromatic rings. The van der Waals surface area contributed by atoms with Crippen molar-refractivity contribution in [2.75, 3.05) is 23.7 Å². The maximum atomic E-state index is 14.2. The van der Waals surface area contributed by atoms with Crippen molar-refractivity contribution in [2.45, 2.75) is 18.6 Å². The van der Waals surface area contributed by atoms with Gasteiger partial charge in [0.15, 0.2) is 0 Å². The summed E-state index contributed by atoms with van der Waals surface area (Å²) in [7, 11) is 0. The number of carbonyl (C=O) groups is 1. The standard InChI is InChI=1S/C21H22FN7O2/c22-16-12-24-9-6-17(16)29-18-10-19(27-11-15(18)20(23)30)28-13-2-4-14(5-3-13)31-21-25-7-1-8-26-21/h1-5,7-8,10-11,16-17,24H,6,9,12H2,(H2,23,30)(H2,27,28,29)/t16-,17+/m0/s1. The number of benzene rings is 1. The van der Waals surface area contributed by atoms with Crippen LogP contribution < -0.4 is 26.4 Å². The molecule has 0 saturated carbocycles. The monoisotopic (exact) mass is 423 g/mol. The third-order valence-electron chi connectivity index (χ3n) is 4.80. The first-order valence-electron chi connectivity index (χ1n) is 9.81. The largest absolute Gasteiger partial charge is 0.424 e. The number of carbonyl (C=O) groups excluding carboxylic acids is 1. The average Bonchev–Trinajstić information content (AvgIpc) is 2.77. The number of pyridine rings is 1. The molecule has 31 heavy (non-hydrogen) atoms. The van der Waals surface area contributed by atoms with Gasteiger partial charge in [-0.2, -0.15) is 0 Å². The molecule has 1 aliphatic rings. The minimum absolute atomic E-state index is 0.211. The number of ether oxygens (including phenoxy) is 1. The Morgan fingerprint density at radius 2 is 1.97 bits per heavy atom. The maximum absolute atomic E-state index is 14.2. The topological polar surface area (TPSA) is 127 Å². The number of rotatable bonds is 7. The van der Waals surface area contributed by atoms with Crippen molar-refractivity contribution in [3.63, 3.8) is 0 Å². The maximum Gasteiger partial charge on any atom is 0.321 e. The van der Waals surface area contributed by atoms with Crippen LogP contribution in [0.4, 0.5) is 21.6 Å². The predicted octanol–water partition coefficient (Wildman–Crippen LogP) is 2.62. The average molecular weight is 423 g/mol. The highest BCUT2D eigenvalue weighted by molar-refractivity contribution is 5.98. The van der Waals surface area contributed by atoms with E-state index in [9.17, 15) is 9.18 Å². The van der Waals surface area contributed by atoms with Gasteiger partial charge in [0.2, 0.25) is 0 Å². The van der Waals surface area contributed by atoms with Crippen molar-refractivity contribution in [3.05, 3.63) is 60.6 Å². The highest BCUT2D eigenvalue weighted by Gasteiger charge is 2.25. The van der Waals surface area contributed by atoms with Crippen molar-refractivity contribution in [3.8, 4) is 11.8 Å². The Morgan fingerprint density at radius 1 is 1.19 bits per heavy atom. The molecule has 0 bridgehead atoms. The highest BCUT2D eigenvalue weighted by atomic mass is 19.1. The van der Waals surface area contributed by atoms with E-state index in [1.165, 1.54) is 6.20 Å². The Labute approximate surface area is 178 Å². The first-order chi connectivity index (χ1) is 15.1. The first-order valence-corrected chi connectivity index (χ1v) is 9.81. The number of amides is 1. The van der Waals surface area contributed by atoms with E-state index in [4.69, 9.17) is 10.5 Å². The number of hydrogen-bond acceptors (Lipinski definition) is 8. The molecule has 1 saturated heterocycles. The number of anilines is 3. The number of halogens is 1. The van der Waals surface area contributed by atoms with Gasteiger partial charge in [0.05, 0.1) is 17.3 Å². The minimum Gasteiger partial charge on any atom is -0.424 e. The van der Waals surface area contributed by atoms with E-state index in [0.717, 1.165) is 5.69 Å². The lowest BCUT2D eigenvalue weighted by Gasteiger charge is -2.29. The zero-order valence-corrected chi connectivity index (χ0v) is 16.6. The van der Waals surface area contributed by atoms with E-state index in [2.05, 4.69) is 30.9 Å². The summed E-state index contributed by atoms with van der Waals surface area (Å²) in [4.78, 5) is 24.1. The Balaban J connectivity index is 1.48. The molecular formula is C21H22FN7O2. The fraction of sp³-hybridized carbons (Fsp3) is 0.238. The molecule has 0 radical (unpaired) electrons. The van der Waals surface area contributed by atoms with Crippen LogP contribution in [0.2, 0.25) is 0 Å². The molecule has 1 aliphatic heterocycles. The summed E-state index contributed by atoms with van der Waals surface area (Å²) in [5, 5.41) is 9.27. The van der Waals surface area contributed by atoms with Crippen LogP contribution in [0.3, 0.4) is 0 Å². The van der Waals surface area contributed by atoms with Crippen molar-refractivity contribution < 1.29 is 13.9 Å². The Kier molecular flexibility index (Phi) is 6.18. The third kappa shape index (κ3) is 5.23. The van der Waals surface area contributed by atoms with E-state index < -0.39 is 18.1 Å². The van der Waals surface area contributed by atoms with Gasteiger partial charge < -0.3 is 26.4 Å². The molecule has 5 N–H and O–H groups in total. The van der Waals surface area contributed by atoms with Crippen LogP contribution in [0.25, 0.3) is 0 Å². The van der Waals surface area contributed by atoms with E-state index in [1.54, 1.807) is 48.8 Å². The van der Waals surface area contributed by atoms with E-state index in [1.807, 2.05) is 0 Å². The number of alkyl halides is 1. The van der Waals surface area contributed by atoms with Gasteiger partial charge in [0.1, 0.15) is 17.7 Å². The molecule has 10 heteroatoms. The van der Waals surface area contributed by atoms with E-state index >= 15 is 0 Å². The number of piperidine rings is 1. The van der Waals surface area contributed by atoms with Crippen LogP contribution in [-0.4, -0.2) is 46.2 Å². The Bertz CT molecular complexity index is 1030. The predicted molar refractivity (Wildman–Crippen MR) is 114 cm³/mol. The molecular weight excluding hydrogens is 401 g/mol. The fourth-order valence-electron chi connectivity index (χ4n) is 3.22. The van der Waals surface area contributed by atoms with Crippen LogP contribution in [-0.2, 0) is 0 Å². The van der Waals surface area contributed by atoms with Crippen LogP contribution >= 0.6 is 0 Å². The van der Waals surface area contributed by atoms with Crippen molar-refractivity contribution in [1.82, 2.24) is 20.3 Å². The van der Waals surface area contributed by atoms with Crippen LogP contribution in [0.15, 0.2) is 55.0 Å². The van der Waals surface area contributed by atoms with Gasteiger partial charge in [0.25, 0.3) is 5.91 Å². The van der Waals surface area contributed by atoms with Gasteiger partial charge >= 0.3 is 6.01 Å². The molecule has 0 spiro atoms. The summed E-state index contributed by atoms with van der Waals surface area (Å²) in [6, 6.07) is 10.3. The lowest BCUT2D eigenvalue weighted by Crippen LogP contribution is -2.45. The van der Waals surface area contributed by atoms with E-state index in [0.29, 0.717) is 30.2 Å². The Morgan fingerprint density at radius 3 is 2.68 bits per heavy atom. The van der Waals surface area contributed by atoms with Crippen LogP contribution in [0, 0.1) is 0 Å². The molecule has 1 amide bonds. The van der Waals surface area contributed by atoms with Crippen LogP contribution in [0.1, 0.15) is 16.8 Å². The van der Waals surface area contributed by atoms with E-state index in [-0.39, 0.29) is 18.1 Å². The number of nitrogens with zero attached hydrogens (tertiary/aromatic N) is 3. The minimum atomic E-state index is -1.07. The summed E-state index contributed by atoms with van der Waals surface area (Å²) in [6.07, 6.45) is 4.10. The molecule has 4 rings (SSSR count). The van der Waals surface area contributed by atoms with Gasteiger partial charge in [-0.15, -0.1) is 0 Å².